The summed E-state index contributed by atoms with van der Waals surface area (Å²) in [6.45, 7) is 2.61. The van der Waals surface area contributed by atoms with Gasteiger partial charge in [0.1, 0.15) is 0 Å². The smallest absolute Gasteiger partial charge is 0.235 e. The van der Waals surface area contributed by atoms with Crippen LogP contribution in [0.15, 0.2) is 24.3 Å². The molecule has 0 radical (unpaired) electrons. The molecule has 3 nitrogen and oxygen atoms in total. The summed E-state index contributed by atoms with van der Waals surface area (Å²) in [6, 6.07) is 7.74. The number of amides is 1. The number of carbonyl (C=O) groups excluding carboxylic acids is 1. The molecular weight excluding hydrogens is 208 g/mol. The largest absolute Gasteiger partial charge is 0.361 e. The van der Waals surface area contributed by atoms with E-state index in [2.05, 4.69) is 5.32 Å². The minimum absolute atomic E-state index is 0.0630. The third-order valence-electron chi connectivity index (χ3n) is 2.42. The molecule has 0 aromatic heterocycles. The van der Waals surface area contributed by atoms with Crippen LogP contribution >= 0.6 is 12.2 Å². The van der Waals surface area contributed by atoms with Crippen molar-refractivity contribution in [2.45, 2.75) is 13.3 Å². The highest BCUT2D eigenvalue weighted by Gasteiger charge is 2.24. The van der Waals surface area contributed by atoms with E-state index in [4.69, 9.17) is 12.2 Å². The van der Waals surface area contributed by atoms with Gasteiger partial charge in [0.25, 0.3) is 0 Å². The van der Waals surface area contributed by atoms with Gasteiger partial charge in [-0.2, -0.15) is 0 Å². The molecule has 1 amide bonds. The van der Waals surface area contributed by atoms with Crippen molar-refractivity contribution in [1.29, 1.82) is 0 Å². The van der Waals surface area contributed by atoms with E-state index in [1.807, 2.05) is 31.2 Å². The summed E-state index contributed by atoms with van der Waals surface area (Å²) in [6.07, 6.45) is 0.495. The minimum Gasteiger partial charge on any atom is -0.361 e. The first-order valence-electron chi connectivity index (χ1n) is 4.86. The molecular formula is C11H12N2OS. The molecule has 0 bridgehead atoms. The van der Waals surface area contributed by atoms with Crippen LogP contribution in [-0.4, -0.2) is 17.6 Å². The van der Waals surface area contributed by atoms with Crippen LogP contribution in [0.5, 0.6) is 0 Å². The summed E-state index contributed by atoms with van der Waals surface area (Å²) >= 11 is 5.14. The van der Waals surface area contributed by atoms with Gasteiger partial charge in [0.05, 0.1) is 5.69 Å². The Morgan fingerprint density at radius 1 is 1.40 bits per heavy atom. The Hall–Kier alpha value is -1.42. The molecule has 1 aliphatic heterocycles. The number of carbonyl (C=O) groups is 1. The summed E-state index contributed by atoms with van der Waals surface area (Å²) in [4.78, 5) is 13.3. The zero-order valence-corrected chi connectivity index (χ0v) is 9.30. The third-order valence-corrected chi connectivity index (χ3v) is 2.75. The Kier molecular flexibility index (Phi) is 2.68. The Balaban J connectivity index is 2.40. The number of anilines is 1. The molecule has 1 heterocycles. The van der Waals surface area contributed by atoms with Crippen molar-refractivity contribution in [1.82, 2.24) is 5.32 Å². The summed E-state index contributed by atoms with van der Waals surface area (Å²) in [7, 11) is 0. The van der Waals surface area contributed by atoms with E-state index in [0.717, 1.165) is 11.3 Å². The van der Waals surface area contributed by atoms with Gasteiger partial charge >= 0.3 is 0 Å². The van der Waals surface area contributed by atoms with Crippen molar-refractivity contribution in [3.05, 3.63) is 29.8 Å². The fraction of sp³-hybridized carbons (Fsp3) is 0.273. The van der Waals surface area contributed by atoms with Crippen LogP contribution in [0.3, 0.4) is 0 Å². The number of benzene rings is 1. The SMILES string of the molecule is Cc1ccccc1N1C(=O)CCNC1=S. The van der Waals surface area contributed by atoms with Crippen molar-refractivity contribution in [3.63, 3.8) is 0 Å². The fourth-order valence-corrected chi connectivity index (χ4v) is 1.94. The van der Waals surface area contributed by atoms with E-state index in [9.17, 15) is 4.79 Å². The fourth-order valence-electron chi connectivity index (χ4n) is 1.64. The molecule has 0 unspecified atom stereocenters. The number of thiocarbonyl (C=S) groups is 1. The van der Waals surface area contributed by atoms with E-state index in [-0.39, 0.29) is 5.91 Å². The lowest BCUT2D eigenvalue weighted by molar-refractivity contribution is -0.117. The van der Waals surface area contributed by atoms with Crippen LogP contribution in [-0.2, 0) is 4.79 Å². The number of nitrogens with one attached hydrogen (secondary N) is 1. The monoisotopic (exact) mass is 220 g/mol. The predicted octanol–water partition coefficient (Wildman–Crippen LogP) is 1.61. The first kappa shape index (κ1) is 10.1. The molecule has 0 saturated carbocycles. The van der Waals surface area contributed by atoms with E-state index in [1.165, 1.54) is 0 Å². The van der Waals surface area contributed by atoms with Crippen molar-refractivity contribution >= 4 is 28.9 Å². The number of hydrogen-bond acceptors (Lipinski definition) is 2. The van der Waals surface area contributed by atoms with Gasteiger partial charge in [0.2, 0.25) is 5.91 Å². The Morgan fingerprint density at radius 2 is 2.13 bits per heavy atom. The second kappa shape index (κ2) is 3.98. The first-order chi connectivity index (χ1) is 7.20. The zero-order chi connectivity index (χ0) is 10.8. The van der Waals surface area contributed by atoms with E-state index in [0.29, 0.717) is 18.1 Å². The maximum atomic E-state index is 11.8. The molecule has 1 aromatic rings. The second-order valence-corrected chi connectivity index (χ2v) is 3.88. The van der Waals surface area contributed by atoms with Crippen molar-refractivity contribution in [2.75, 3.05) is 11.4 Å². The van der Waals surface area contributed by atoms with Crippen LogP contribution in [0.2, 0.25) is 0 Å². The standard InChI is InChI=1S/C11H12N2OS/c1-8-4-2-3-5-9(8)13-10(14)6-7-12-11(13)15/h2-5H,6-7H2,1H3,(H,12,15). The van der Waals surface area contributed by atoms with Gasteiger partial charge in [-0.3, -0.25) is 9.69 Å². The van der Waals surface area contributed by atoms with Gasteiger partial charge in [-0.1, -0.05) is 18.2 Å². The molecule has 2 rings (SSSR count). The maximum Gasteiger partial charge on any atom is 0.235 e. The lowest BCUT2D eigenvalue weighted by Crippen LogP contribution is -2.50. The van der Waals surface area contributed by atoms with Crippen molar-refractivity contribution in [2.24, 2.45) is 0 Å². The quantitative estimate of drug-likeness (QED) is 0.730. The highest BCUT2D eigenvalue weighted by atomic mass is 32.1. The molecule has 0 aliphatic carbocycles. The van der Waals surface area contributed by atoms with E-state index >= 15 is 0 Å². The van der Waals surface area contributed by atoms with E-state index < -0.39 is 0 Å². The highest BCUT2D eigenvalue weighted by molar-refractivity contribution is 7.80. The summed E-state index contributed by atoms with van der Waals surface area (Å²) < 4.78 is 0. The lowest BCUT2D eigenvalue weighted by atomic mass is 10.1. The summed E-state index contributed by atoms with van der Waals surface area (Å²) in [5.74, 6) is 0.0630. The van der Waals surface area contributed by atoms with Crippen LogP contribution in [0.1, 0.15) is 12.0 Å². The normalized spacial score (nSPS) is 16.5. The summed E-state index contributed by atoms with van der Waals surface area (Å²) in [5, 5.41) is 3.53. The number of rotatable bonds is 1. The first-order valence-corrected chi connectivity index (χ1v) is 5.27. The van der Waals surface area contributed by atoms with Crippen molar-refractivity contribution in [3.8, 4) is 0 Å². The van der Waals surface area contributed by atoms with Crippen LogP contribution < -0.4 is 10.2 Å². The number of nitrogens with zero attached hydrogens (tertiary/aromatic N) is 1. The van der Waals surface area contributed by atoms with E-state index in [1.54, 1.807) is 4.90 Å². The van der Waals surface area contributed by atoms with Gasteiger partial charge in [-0.25, -0.2) is 0 Å². The number of hydrogen-bond donors (Lipinski definition) is 1. The summed E-state index contributed by atoms with van der Waals surface area (Å²) in [5.41, 5.74) is 1.93. The van der Waals surface area contributed by atoms with Gasteiger partial charge in [0, 0.05) is 13.0 Å². The average molecular weight is 220 g/mol. The topological polar surface area (TPSA) is 32.3 Å². The highest BCUT2D eigenvalue weighted by Crippen LogP contribution is 2.21. The number of para-hydroxylation sites is 1. The Bertz CT molecular complexity index is 401. The van der Waals surface area contributed by atoms with Crippen LogP contribution in [0.4, 0.5) is 5.69 Å². The van der Waals surface area contributed by atoms with Crippen LogP contribution in [0.25, 0.3) is 0 Å². The molecule has 1 N–H and O–H groups in total. The van der Waals surface area contributed by atoms with Gasteiger partial charge < -0.3 is 5.32 Å². The molecule has 1 saturated heterocycles. The molecule has 0 atom stereocenters. The third kappa shape index (κ3) is 1.85. The van der Waals surface area contributed by atoms with Gasteiger partial charge in [-0.15, -0.1) is 0 Å². The van der Waals surface area contributed by atoms with Gasteiger partial charge in [0.15, 0.2) is 5.11 Å². The molecule has 1 aliphatic rings. The molecule has 78 valence electrons. The second-order valence-electron chi connectivity index (χ2n) is 3.50. The zero-order valence-electron chi connectivity index (χ0n) is 8.49. The van der Waals surface area contributed by atoms with Crippen LogP contribution in [0, 0.1) is 6.92 Å². The Labute approximate surface area is 94.1 Å². The lowest BCUT2D eigenvalue weighted by Gasteiger charge is -2.29. The molecule has 0 spiro atoms. The van der Waals surface area contributed by atoms with Gasteiger partial charge in [-0.05, 0) is 30.8 Å². The predicted molar refractivity (Wildman–Crippen MR) is 63.9 cm³/mol. The number of aryl methyl sites for hydroxylation is 1. The maximum absolute atomic E-state index is 11.8. The molecule has 1 aromatic carbocycles. The molecule has 15 heavy (non-hydrogen) atoms. The van der Waals surface area contributed by atoms with Crippen molar-refractivity contribution < 1.29 is 4.79 Å². The molecule has 1 fully saturated rings. The minimum atomic E-state index is 0.0630. The average Bonchev–Trinajstić information content (AvgIpc) is 2.20. The molecule has 4 heteroatoms. The Morgan fingerprint density at radius 3 is 2.80 bits per heavy atom.